The number of carbonyl (C=O) groups excluding carboxylic acids is 2. The Kier molecular flexibility index (Phi) is 5.56. The first-order valence-electron chi connectivity index (χ1n) is 10.5. The average molecular weight is 464 g/mol. The molecule has 0 spiro atoms. The van der Waals surface area contributed by atoms with E-state index in [4.69, 9.17) is 4.74 Å². The first kappa shape index (κ1) is 21.7. The van der Waals surface area contributed by atoms with Crippen LogP contribution in [0.4, 0.5) is 22.7 Å². The number of hydrogen-bond donors (Lipinski definition) is 0. The summed E-state index contributed by atoms with van der Waals surface area (Å²) in [6.45, 7) is 0. The molecule has 35 heavy (non-hydrogen) atoms. The average Bonchev–Trinajstić information content (AvgIpc) is 3.13. The van der Waals surface area contributed by atoms with Crippen LogP contribution in [0.2, 0.25) is 0 Å². The molecule has 0 saturated heterocycles. The number of carbonyl (C=O) groups is 2. The van der Waals surface area contributed by atoms with Crippen molar-refractivity contribution in [3.8, 4) is 11.5 Å². The molecule has 0 unspecified atom stereocenters. The van der Waals surface area contributed by atoms with Gasteiger partial charge in [-0.05, 0) is 60.7 Å². The van der Waals surface area contributed by atoms with Gasteiger partial charge in [0.05, 0.1) is 39.2 Å². The Bertz CT molecular complexity index is 1480. The summed E-state index contributed by atoms with van der Waals surface area (Å²) in [6, 6.07) is 26.1. The summed E-state index contributed by atoms with van der Waals surface area (Å²) in [5, 5.41) is 19.3. The highest BCUT2D eigenvalue weighted by Gasteiger charge is 2.37. The van der Waals surface area contributed by atoms with Gasteiger partial charge in [-0.25, -0.2) is 4.90 Å². The molecule has 5 rings (SSSR count). The molecule has 9 nitrogen and oxygen atoms in total. The fourth-order valence-electron chi connectivity index (χ4n) is 3.59. The zero-order valence-electron chi connectivity index (χ0n) is 18.1. The maximum Gasteiger partial charge on any atom is 0.273 e. The fraction of sp³-hybridized carbons (Fsp3) is 0. The van der Waals surface area contributed by atoms with E-state index in [0.717, 1.165) is 4.90 Å². The Labute approximate surface area is 199 Å². The van der Waals surface area contributed by atoms with Gasteiger partial charge >= 0.3 is 0 Å². The number of non-ortho nitro benzene ring substituents is 1. The largest absolute Gasteiger partial charge is 0.457 e. The van der Waals surface area contributed by atoms with Crippen LogP contribution in [0.25, 0.3) is 0 Å². The van der Waals surface area contributed by atoms with Gasteiger partial charge in [0.2, 0.25) is 0 Å². The summed E-state index contributed by atoms with van der Waals surface area (Å²) in [4.78, 5) is 37.6. The van der Waals surface area contributed by atoms with Crippen LogP contribution in [0.1, 0.15) is 20.7 Å². The number of amides is 2. The predicted molar refractivity (Wildman–Crippen MR) is 128 cm³/mol. The molecule has 0 N–H and O–H groups in total. The van der Waals surface area contributed by atoms with Crippen LogP contribution in [0.5, 0.6) is 11.5 Å². The number of rotatable bonds is 6. The van der Waals surface area contributed by atoms with Crippen molar-refractivity contribution < 1.29 is 19.2 Å². The molecule has 9 heteroatoms. The standard InChI is InChI=1S/C26H16N4O5/c31-25-23-14-13-22(35-21-8-4-7-20(15-21)30(33)34)16-24(23)26(32)29(25)19-11-9-18(10-12-19)28-27-17-5-2-1-3-6-17/h1-16H. The lowest BCUT2D eigenvalue weighted by molar-refractivity contribution is -0.384. The lowest BCUT2D eigenvalue weighted by Crippen LogP contribution is -2.29. The maximum absolute atomic E-state index is 13.1. The van der Waals surface area contributed by atoms with Crippen molar-refractivity contribution in [2.24, 2.45) is 10.2 Å². The predicted octanol–water partition coefficient (Wildman–Crippen LogP) is 6.60. The SMILES string of the molecule is O=C1c2ccc(Oc3cccc([N+](=O)[O-])c3)cc2C(=O)N1c1ccc(N=Nc2ccccc2)cc1. The van der Waals surface area contributed by atoms with E-state index < -0.39 is 16.7 Å². The molecular weight excluding hydrogens is 448 g/mol. The molecule has 0 aromatic heterocycles. The van der Waals surface area contributed by atoms with Gasteiger partial charge in [0, 0.05) is 6.07 Å². The molecule has 0 aliphatic carbocycles. The molecule has 0 radical (unpaired) electrons. The molecule has 1 aliphatic heterocycles. The number of imide groups is 1. The molecule has 0 saturated carbocycles. The Morgan fingerprint density at radius 1 is 0.686 bits per heavy atom. The molecule has 2 amide bonds. The third-order valence-electron chi connectivity index (χ3n) is 5.27. The highest BCUT2D eigenvalue weighted by atomic mass is 16.6. The van der Waals surface area contributed by atoms with Crippen molar-refractivity contribution in [1.29, 1.82) is 0 Å². The summed E-state index contributed by atoms with van der Waals surface area (Å²) in [7, 11) is 0. The monoisotopic (exact) mass is 464 g/mol. The van der Waals surface area contributed by atoms with Gasteiger partial charge in [0.1, 0.15) is 11.5 Å². The third-order valence-corrected chi connectivity index (χ3v) is 5.27. The first-order valence-corrected chi connectivity index (χ1v) is 10.5. The van der Waals surface area contributed by atoms with E-state index in [1.807, 2.05) is 30.3 Å². The quantitative estimate of drug-likeness (QED) is 0.138. The summed E-state index contributed by atoms with van der Waals surface area (Å²) in [6.07, 6.45) is 0. The van der Waals surface area contributed by atoms with Crippen LogP contribution in [-0.4, -0.2) is 16.7 Å². The highest BCUT2D eigenvalue weighted by molar-refractivity contribution is 6.34. The summed E-state index contributed by atoms with van der Waals surface area (Å²) in [5.41, 5.74) is 1.99. The van der Waals surface area contributed by atoms with Crippen LogP contribution in [0.15, 0.2) is 107 Å². The second-order valence-electron chi connectivity index (χ2n) is 7.56. The van der Waals surface area contributed by atoms with Gasteiger partial charge in [0.15, 0.2) is 0 Å². The minimum Gasteiger partial charge on any atom is -0.457 e. The Morgan fingerprint density at radius 3 is 2.06 bits per heavy atom. The normalized spacial score (nSPS) is 12.7. The van der Waals surface area contributed by atoms with Crippen molar-refractivity contribution in [2.75, 3.05) is 4.90 Å². The van der Waals surface area contributed by atoms with Crippen molar-refractivity contribution in [3.05, 3.63) is 118 Å². The lowest BCUT2D eigenvalue weighted by atomic mass is 10.1. The number of nitro benzene ring substituents is 1. The molecule has 0 bridgehead atoms. The number of nitro groups is 1. The Morgan fingerprint density at radius 2 is 1.34 bits per heavy atom. The van der Waals surface area contributed by atoms with Crippen molar-refractivity contribution >= 4 is 34.6 Å². The van der Waals surface area contributed by atoms with Crippen LogP contribution in [0, 0.1) is 10.1 Å². The van der Waals surface area contributed by atoms with Crippen LogP contribution in [0.3, 0.4) is 0 Å². The molecule has 170 valence electrons. The zero-order valence-corrected chi connectivity index (χ0v) is 18.1. The fourth-order valence-corrected chi connectivity index (χ4v) is 3.59. The highest BCUT2D eigenvalue weighted by Crippen LogP contribution is 2.33. The Balaban J connectivity index is 1.35. The van der Waals surface area contributed by atoms with E-state index in [2.05, 4.69) is 10.2 Å². The molecule has 1 aliphatic rings. The number of hydrogen-bond acceptors (Lipinski definition) is 7. The van der Waals surface area contributed by atoms with Crippen LogP contribution < -0.4 is 9.64 Å². The van der Waals surface area contributed by atoms with E-state index in [9.17, 15) is 19.7 Å². The van der Waals surface area contributed by atoms with E-state index in [1.165, 1.54) is 30.3 Å². The van der Waals surface area contributed by atoms with Crippen molar-refractivity contribution in [2.45, 2.75) is 0 Å². The van der Waals surface area contributed by atoms with E-state index in [-0.39, 0.29) is 28.3 Å². The molecule has 4 aromatic carbocycles. The van der Waals surface area contributed by atoms with Crippen molar-refractivity contribution in [1.82, 2.24) is 0 Å². The van der Waals surface area contributed by atoms with Gasteiger partial charge in [-0.15, -0.1) is 0 Å². The zero-order chi connectivity index (χ0) is 24.4. The van der Waals surface area contributed by atoms with E-state index in [1.54, 1.807) is 36.4 Å². The Hall–Kier alpha value is -5.18. The van der Waals surface area contributed by atoms with E-state index in [0.29, 0.717) is 17.1 Å². The number of anilines is 1. The lowest BCUT2D eigenvalue weighted by Gasteiger charge is -2.13. The van der Waals surface area contributed by atoms with Crippen molar-refractivity contribution in [3.63, 3.8) is 0 Å². The summed E-state index contributed by atoms with van der Waals surface area (Å²) < 4.78 is 5.69. The van der Waals surface area contributed by atoms with Gasteiger partial charge in [0.25, 0.3) is 17.5 Å². The summed E-state index contributed by atoms with van der Waals surface area (Å²) >= 11 is 0. The molecule has 0 atom stereocenters. The van der Waals surface area contributed by atoms with Crippen LogP contribution >= 0.6 is 0 Å². The maximum atomic E-state index is 13.1. The number of azo groups is 1. The molecule has 0 fully saturated rings. The minimum atomic E-state index is -0.524. The third kappa shape index (κ3) is 4.38. The van der Waals surface area contributed by atoms with Gasteiger partial charge in [-0.1, -0.05) is 24.3 Å². The second-order valence-corrected chi connectivity index (χ2v) is 7.56. The molecule has 4 aromatic rings. The van der Waals surface area contributed by atoms with Gasteiger partial charge in [-0.2, -0.15) is 10.2 Å². The van der Waals surface area contributed by atoms with Gasteiger partial charge in [-0.3, -0.25) is 19.7 Å². The number of benzene rings is 4. The first-order chi connectivity index (χ1) is 17.0. The molecular formula is C26H16N4O5. The smallest absolute Gasteiger partial charge is 0.273 e. The second kappa shape index (κ2) is 8.99. The van der Waals surface area contributed by atoms with Crippen LogP contribution in [-0.2, 0) is 0 Å². The topological polar surface area (TPSA) is 114 Å². The minimum absolute atomic E-state index is 0.118. The summed E-state index contributed by atoms with van der Waals surface area (Å²) in [5.74, 6) is -0.421. The van der Waals surface area contributed by atoms with Gasteiger partial charge < -0.3 is 4.74 Å². The number of ether oxygens (including phenoxy) is 1. The van der Waals surface area contributed by atoms with E-state index >= 15 is 0 Å². The number of fused-ring (bicyclic) bond motifs is 1. The number of nitrogens with zero attached hydrogens (tertiary/aromatic N) is 4. The molecule has 1 heterocycles.